The fraction of sp³-hybridized carbons (Fsp3) is 0.375. The molecule has 0 saturated carbocycles. The lowest BCUT2D eigenvalue weighted by atomic mass is 9.87. The number of methoxy groups -OCH3 is 1. The van der Waals surface area contributed by atoms with E-state index in [1.807, 2.05) is 13.8 Å². The standard InChI is InChI=1S/C24H25F3N4O2/c1-5-14-11-16-22(29-30(3)23(16)13-9-17(25)21(27)18(26)10-13)20(6-2)31(14)24(32)19-8-7-15(33-4)12-28-19/h7-10,12,14,20H,5-6,11H2,1-4H3. The second-order valence-corrected chi connectivity index (χ2v) is 8.08. The van der Waals surface area contributed by atoms with Gasteiger partial charge < -0.3 is 9.64 Å². The van der Waals surface area contributed by atoms with E-state index in [9.17, 15) is 18.0 Å². The molecule has 0 fully saturated rings. The first-order valence-electron chi connectivity index (χ1n) is 10.8. The van der Waals surface area contributed by atoms with Gasteiger partial charge in [-0.15, -0.1) is 0 Å². The first kappa shape index (κ1) is 22.8. The van der Waals surface area contributed by atoms with Crippen molar-refractivity contribution >= 4 is 5.91 Å². The molecule has 4 rings (SSSR count). The SMILES string of the molecule is CCC1Cc2c(nn(C)c2-c2cc(F)c(F)c(F)c2)C(CC)N1C(=O)c1ccc(OC)cn1. The van der Waals surface area contributed by atoms with Gasteiger partial charge in [-0.2, -0.15) is 5.10 Å². The van der Waals surface area contributed by atoms with Gasteiger partial charge >= 0.3 is 0 Å². The third kappa shape index (κ3) is 3.85. The Bertz CT molecular complexity index is 1170. The van der Waals surface area contributed by atoms with E-state index in [0.717, 1.165) is 17.7 Å². The first-order valence-corrected chi connectivity index (χ1v) is 10.8. The summed E-state index contributed by atoms with van der Waals surface area (Å²) >= 11 is 0. The van der Waals surface area contributed by atoms with Gasteiger partial charge in [-0.1, -0.05) is 13.8 Å². The minimum Gasteiger partial charge on any atom is -0.495 e. The highest BCUT2D eigenvalue weighted by Crippen LogP contribution is 2.41. The Morgan fingerprint density at radius 3 is 2.39 bits per heavy atom. The number of halogens is 3. The van der Waals surface area contributed by atoms with Crippen LogP contribution in [0.25, 0.3) is 11.3 Å². The van der Waals surface area contributed by atoms with Crippen LogP contribution in [0.1, 0.15) is 54.5 Å². The number of benzene rings is 1. The minimum absolute atomic E-state index is 0.169. The van der Waals surface area contributed by atoms with E-state index in [4.69, 9.17) is 4.74 Å². The summed E-state index contributed by atoms with van der Waals surface area (Å²) in [6.07, 6.45) is 3.21. The van der Waals surface area contributed by atoms with Crippen molar-refractivity contribution < 1.29 is 22.7 Å². The zero-order valence-electron chi connectivity index (χ0n) is 18.9. The summed E-state index contributed by atoms with van der Waals surface area (Å²) in [6.45, 7) is 3.94. The molecule has 1 aliphatic heterocycles. The number of hydrogen-bond acceptors (Lipinski definition) is 4. The first-order chi connectivity index (χ1) is 15.8. The molecule has 0 radical (unpaired) electrons. The van der Waals surface area contributed by atoms with Crippen LogP contribution in [0.5, 0.6) is 5.75 Å². The number of carbonyl (C=O) groups is 1. The van der Waals surface area contributed by atoms with Crippen LogP contribution in [-0.2, 0) is 13.5 Å². The normalized spacial score (nSPS) is 17.7. The molecule has 0 aliphatic carbocycles. The van der Waals surface area contributed by atoms with Crippen LogP contribution < -0.4 is 4.74 Å². The number of hydrogen-bond donors (Lipinski definition) is 0. The fourth-order valence-electron chi connectivity index (χ4n) is 4.63. The zero-order valence-corrected chi connectivity index (χ0v) is 18.9. The van der Waals surface area contributed by atoms with Gasteiger partial charge in [0.1, 0.15) is 11.4 Å². The van der Waals surface area contributed by atoms with Crippen molar-refractivity contribution in [1.29, 1.82) is 0 Å². The van der Waals surface area contributed by atoms with Crippen molar-refractivity contribution in [3.63, 3.8) is 0 Å². The highest BCUT2D eigenvalue weighted by molar-refractivity contribution is 5.93. The molecular formula is C24H25F3N4O2. The Balaban J connectivity index is 1.80. The number of fused-ring (bicyclic) bond motifs is 1. The molecular weight excluding hydrogens is 433 g/mol. The summed E-state index contributed by atoms with van der Waals surface area (Å²) in [5.41, 5.74) is 2.52. The maximum Gasteiger partial charge on any atom is 0.273 e. The number of rotatable bonds is 5. The van der Waals surface area contributed by atoms with Crippen molar-refractivity contribution in [2.24, 2.45) is 7.05 Å². The molecule has 1 aromatic carbocycles. The number of aryl methyl sites for hydroxylation is 1. The van der Waals surface area contributed by atoms with Crippen LogP contribution >= 0.6 is 0 Å². The van der Waals surface area contributed by atoms with Crippen molar-refractivity contribution in [3.05, 3.63) is 64.9 Å². The number of carbonyl (C=O) groups excluding carboxylic acids is 1. The number of ether oxygens (including phenoxy) is 1. The average molecular weight is 458 g/mol. The second-order valence-electron chi connectivity index (χ2n) is 8.08. The van der Waals surface area contributed by atoms with E-state index in [2.05, 4.69) is 10.1 Å². The van der Waals surface area contributed by atoms with Gasteiger partial charge in [0, 0.05) is 24.2 Å². The predicted molar refractivity (Wildman–Crippen MR) is 116 cm³/mol. The van der Waals surface area contributed by atoms with Gasteiger partial charge in [-0.25, -0.2) is 18.2 Å². The van der Waals surface area contributed by atoms with E-state index in [-0.39, 0.29) is 23.6 Å². The lowest BCUT2D eigenvalue weighted by Crippen LogP contribution is -2.47. The highest BCUT2D eigenvalue weighted by atomic mass is 19.2. The van der Waals surface area contributed by atoms with Crippen LogP contribution in [0.4, 0.5) is 13.2 Å². The van der Waals surface area contributed by atoms with Gasteiger partial charge in [-0.3, -0.25) is 9.48 Å². The molecule has 1 amide bonds. The molecule has 2 unspecified atom stereocenters. The monoisotopic (exact) mass is 458 g/mol. The number of pyridine rings is 1. The summed E-state index contributed by atoms with van der Waals surface area (Å²) in [4.78, 5) is 19.5. The Morgan fingerprint density at radius 2 is 1.85 bits per heavy atom. The van der Waals surface area contributed by atoms with Crippen LogP contribution in [0.2, 0.25) is 0 Å². The Kier molecular flexibility index (Phi) is 6.14. The quantitative estimate of drug-likeness (QED) is 0.514. The van der Waals surface area contributed by atoms with Gasteiger partial charge in [0.25, 0.3) is 5.91 Å². The van der Waals surface area contributed by atoms with Crippen LogP contribution in [0.3, 0.4) is 0 Å². The fourth-order valence-corrected chi connectivity index (χ4v) is 4.63. The van der Waals surface area contributed by atoms with Gasteiger partial charge in [0.2, 0.25) is 0 Å². The van der Waals surface area contributed by atoms with Crippen molar-refractivity contribution in [2.75, 3.05) is 7.11 Å². The number of amides is 1. The average Bonchev–Trinajstić information content (AvgIpc) is 3.15. The number of aromatic nitrogens is 3. The highest BCUT2D eigenvalue weighted by Gasteiger charge is 2.40. The lowest BCUT2D eigenvalue weighted by molar-refractivity contribution is 0.0506. The molecule has 0 spiro atoms. The Morgan fingerprint density at radius 1 is 1.15 bits per heavy atom. The summed E-state index contributed by atoms with van der Waals surface area (Å²) < 4.78 is 48.2. The van der Waals surface area contributed by atoms with E-state index < -0.39 is 17.5 Å². The lowest BCUT2D eigenvalue weighted by Gasteiger charge is -2.41. The molecule has 0 saturated heterocycles. The molecule has 6 nitrogen and oxygen atoms in total. The Labute approximate surface area is 190 Å². The molecule has 33 heavy (non-hydrogen) atoms. The van der Waals surface area contributed by atoms with Crippen molar-refractivity contribution in [3.8, 4) is 17.0 Å². The topological polar surface area (TPSA) is 60.2 Å². The molecule has 1 aliphatic rings. The van der Waals surface area contributed by atoms with Crippen LogP contribution in [0.15, 0.2) is 30.5 Å². The van der Waals surface area contributed by atoms with Crippen LogP contribution in [-0.4, -0.2) is 38.7 Å². The summed E-state index contributed by atoms with van der Waals surface area (Å²) in [7, 11) is 3.21. The largest absolute Gasteiger partial charge is 0.495 e. The van der Waals surface area contributed by atoms with E-state index in [1.165, 1.54) is 13.3 Å². The minimum atomic E-state index is -1.50. The third-order valence-corrected chi connectivity index (χ3v) is 6.20. The Hall–Kier alpha value is -3.36. The van der Waals surface area contributed by atoms with Crippen LogP contribution in [0, 0.1) is 17.5 Å². The zero-order chi connectivity index (χ0) is 23.9. The maximum absolute atomic E-state index is 14.0. The van der Waals surface area contributed by atoms with Crippen molar-refractivity contribution in [1.82, 2.24) is 19.7 Å². The van der Waals surface area contributed by atoms with Gasteiger partial charge in [-0.05, 0) is 43.5 Å². The molecule has 2 atom stereocenters. The van der Waals surface area contributed by atoms with Gasteiger partial charge in [0.05, 0.1) is 30.7 Å². The summed E-state index contributed by atoms with van der Waals surface area (Å²) in [5.74, 6) is -3.67. The van der Waals surface area contributed by atoms with Gasteiger partial charge in [0.15, 0.2) is 17.5 Å². The summed E-state index contributed by atoms with van der Waals surface area (Å²) in [6, 6.07) is 4.77. The van der Waals surface area contributed by atoms with E-state index >= 15 is 0 Å². The molecule has 2 aromatic heterocycles. The van der Waals surface area contributed by atoms with E-state index in [0.29, 0.717) is 42.1 Å². The predicted octanol–water partition coefficient (Wildman–Crippen LogP) is 4.84. The van der Waals surface area contributed by atoms with Crippen molar-refractivity contribution in [2.45, 2.75) is 45.2 Å². The molecule has 3 aromatic rings. The summed E-state index contributed by atoms with van der Waals surface area (Å²) in [5, 5.41) is 4.63. The maximum atomic E-state index is 14.0. The molecule has 9 heteroatoms. The second kappa shape index (κ2) is 8.88. The molecule has 3 heterocycles. The smallest absolute Gasteiger partial charge is 0.273 e. The third-order valence-electron chi connectivity index (χ3n) is 6.20. The molecule has 0 N–H and O–H groups in total. The number of nitrogens with zero attached hydrogens (tertiary/aromatic N) is 4. The molecule has 0 bridgehead atoms. The molecule has 174 valence electrons. The van der Waals surface area contributed by atoms with E-state index in [1.54, 1.807) is 28.8 Å².